The van der Waals surface area contributed by atoms with Crippen LogP contribution < -0.4 is 5.73 Å². The minimum absolute atomic E-state index is 0.0237. The zero-order valence-electron chi connectivity index (χ0n) is 13.8. The standard InChI is InChI=1S/C19H27NO2/c1-18(2)14-9-10-19(18,3)16(12-14)22-17(21)15(20)11-13-7-5-4-6-8-13/h4-8,14-16H,9-12,20H2,1-3H3/t14?,15-,16?,19?/m0/s1. The van der Waals surface area contributed by atoms with Crippen molar-refractivity contribution < 1.29 is 9.53 Å². The highest BCUT2D eigenvalue weighted by Crippen LogP contribution is 2.66. The van der Waals surface area contributed by atoms with Gasteiger partial charge in [0.05, 0.1) is 0 Å². The Morgan fingerprint density at radius 1 is 1.32 bits per heavy atom. The van der Waals surface area contributed by atoms with Crippen LogP contribution >= 0.6 is 0 Å². The van der Waals surface area contributed by atoms with Crippen LogP contribution in [0.5, 0.6) is 0 Å². The molecule has 3 nitrogen and oxygen atoms in total. The maximum absolute atomic E-state index is 12.4. The summed E-state index contributed by atoms with van der Waals surface area (Å²) in [6.45, 7) is 6.92. The zero-order chi connectivity index (χ0) is 16.0. The quantitative estimate of drug-likeness (QED) is 0.868. The number of fused-ring (bicyclic) bond motifs is 2. The second kappa shape index (κ2) is 5.38. The van der Waals surface area contributed by atoms with E-state index in [4.69, 9.17) is 10.5 Å². The monoisotopic (exact) mass is 301 g/mol. The van der Waals surface area contributed by atoms with Crippen molar-refractivity contribution in [3.63, 3.8) is 0 Å². The summed E-state index contributed by atoms with van der Waals surface area (Å²) in [5, 5.41) is 0. The Morgan fingerprint density at radius 3 is 2.55 bits per heavy atom. The molecule has 2 fully saturated rings. The molecule has 3 rings (SSSR count). The van der Waals surface area contributed by atoms with E-state index in [1.807, 2.05) is 30.3 Å². The van der Waals surface area contributed by atoms with Crippen molar-refractivity contribution in [2.75, 3.05) is 0 Å². The number of benzene rings is 1. The van der Waals surface area contributed by atoms with Gasteiger partial charge in [-0.1, -0.05) is 51.1 Å². The first-order valence-corrected chi connectivity index (χ1v) is 8.34. The molecule has 0 amide bonds. The average molecular weight is 301 g/mol. The summed E-state index contributed by atoms with van der Waals surface area (Å²) < 4.78 is 5.85. The Labute approximate surface area is 133 Å². The van der Waals surface area contributed by atoms with Crippen LogP contribution in [-0.2, 0) is 16.0 Å². The summed E-state index contributed by atoms with van der Waals surface area (Å²) in [6, 6.07) is 9.31. The first kappa shape index (κ1) is 15.5. The van der Waals surface area contributed by atoms with Crippen molar-refractivity contribution >= 4 is 5.97 Å². The van der Waals surface area contributed by atoms with Crippen LogP contribution in [0.4, 0.5) is 0 Å². The number of carbonyl (C=O) groups is 1. The molecule has 22 heavy (non-hydrogen) atoms. The fourth-order valence-corrected chi connectivity index (χ4v) is 4.49. The molecular formula is C19H27NO2. The van der Waals surface area contributed by atoms with E-state index in [1.165, 1.54) is 6.42 Å². The average Bonchev–Trinajstić information content (AvgIpc) is 2.81. The van der Waals surface area contributed by atoms with Gasteiger partial charge in [0.25, 0.3) is 0 Å². The lowest BCUT2D eigenvalue weighted by Gasteiger charge is -2.38. The largest absolute Gasteiger partial charge is 0.461 e. The SMILES string of the molecule is CC1(C)C2CCC1(C)C(OC(=O)[C@@H](N)Cc1ccccc1)C2. The van der Waals surface area contributed by atoms with E-state index in [0.717, 1.165) is 18.4 Å². The minimum Gasteiger partial charge on any atom is -0.461 e. The van der Waals surface area contributed by atoms with Gasteiger partial charge in [-0.2, -0.15) is 0 Å². The molecule has 2 aliphatic carbocycles. The van der Waals surface area contributed by atoms with Crippen molar-refractivity contribution in [2.24, 2.45) is 22.5 Å². The fraction of sp³-hybridized carbons (Fsp3) is 0.632. The number of nitrogens with two attached hydrogens (primary N) is 1. The maximum atomic E-state index is 12.4. The molecule has 2 aliphatic rings. The Morgan fingerprint density at radius 2 is 2.00 bits per heavy atom. The van der Waals surface area contributed by atoms with Crippen LogP contribution in [0.2, 0.25) is 0 Å². The molecular weight excluding hydrogens is 274 g/mol. The number of rotatable bonds is 4. The van der Waals surface area contributed by atoms with E-state index in [9.17, 15) is 4.79 Å². The van der Waals surface area contributed by atoms with Gasteiger partial charge in [-0.15, -0.1) is 0 Å². The molecule has 0 aromatic heterocycles. The molecule has 2 bridgehead atoms. The molecule has 0 radical (unpaired) electrons. The summed E-state index contributed by atoms with van der Waals surface area (Å²) in [6.07, 6.45) is 3.96. The normalized spacial score (nSPS) is 33.6. The molecule has 0 heterocycles. The van der Waals surface area contributed by atoms with Gasteiger partial charge in [0.15, 0.2) is 0 Å². The third-order valence-corrected chi connectivity index (χ3v) is 6.57. The number of hydrogen-bond donors (Lipinski definition) is 1. The molecule has 3 unspecified atom stereocenters. The summed E-state index contributed by atoms with van der Waals surface area (Å²) in [7, 11) is 0. The predicted octanol–water partition coefficient (Wildman–Crippen LogP) is 3.31. The van der Waals surface area contributed by atoms with Crippen LogP contribution in [0.1, 0.15) is 45.6 Å². The Balaban J connectivity index is 1.63. The highest BCUT2D eigenvalue weighted by molar-refractivity contribution is 5.76. The lowest BCUT2D eigenvalue weighted by atomic mass is 9.70. The topological polar surface area (TPSA) is 52.3 Å². The zero-order valence-corrected chi connectivity index (χ0v) is 13.8. The molecule has 0 saturated heterocycles. The molecule has 2 N–H and O–H groups in total. The van der Waals surface area contributed by atoms with Crippen LogP contribution in [-0.4, -0.2) is 18.1 Å². The number of carbonyl (C=O) groups excluding carboxylic acids is 1. The van der Waals surface area contributed by atoms with Crippen molar-refractivity contribution in [3.8, 4) is 0 Å². The highest BCUT2D eigenvalue weighted by atomic mass is 16.5. The van der Waals surface area contributed by atoms with E-state index in [-0.39, 0.29) is 22.9 Å². The summed E-state index contributed by atoms with van der Waals surface area (Å²) >= 11 is 0. The van der Waals surface area contributed by atoms with Crippen LogP contribution in [0.25, 0.3) is 0 Å². The smallest absolute Gasteiger partial charge is 0.323 e. The minimum atomic E-state index is -0.576. The van der Waals surface area contributed by atoms with E-state index in [2.05, 4.69) is 20.8 Å². The molecule has 0 aliphatic heterocycles. The second-order valence-electron chi connectivity index (χ2n) is 7.83. The Kier molecular flexibility index (Phi) is 3.80. The number of ether oxygens (including phenoxy) is 1. The molecule has 4 atom stereocenters. The van der Waals surface area contributed by atoms with Gasteiger partial charge in [0, 0.05) is 5.41 Å². The van der Waals surface area contributed by atoms with Gasteiger partial charge in [0.2, 0.25) is 0 Å². The third kappa shape index (κ3) is 2.36. The Bertz CT molecular complexity index is 554. The van der Waals surface area contributed by atoms with E-state index >= 15 is 0 Å². The van der Waals surface area contributed by atoms with Crippen molar-refractivity contribution in [1.82, 2.24) is 0 Å². The molecule has 1 aromatic rings. The van der Waals surface area contributed by atoms with Crippen LogP contribution in [0.3, 0.4) is 0 Å². The third-order valence-electron chi connectivity index (χ3n) is 6.57. The number of esters is 1. The Hall–Kier alpha value is -1.35. The first-order chi connectivity index (χ1) is 10.3. The molecule has 120 valence electrons. The maximum Gasteiger partial charge on any atom is 0.323 e. The van der Waals surface area contributed by atoms with E-state index in [1.54, 1.807) is 0 Å². The summed E-state index contributed by atoms with van der Waals surface area (Å²) in [5.74, 6) is 0.416. The second-order valence-corrected chi connectivity index (χ2v) is 7.83. The molecule has 3 heteroatoms. The summed E-state index contributed by atoms with van der Waals surface area (Å²) in [5.41, 5.74) is 7.49. The summed E-state index contributed by atoms with van der Waals surface area (Å²) in [4.78, 5) is 12.4. The predicted molar refractivity (Wildman–Crippen MR) is 87.2 cm³/mol. The van der Waals surface area contributed by atoms with Crippen molar-refractivity contribution in [3.05, 3.63) is 35.9 Å². The van der Waals surface area contributed by atoms with Gasteiger partial charge in [0.1, 0.15) is 12.1 Å². The molecule has 0 spiro atoms. The van der Waals surface area contributed by atoms with E-state index < -0.39 is 6.04 Å². The lowest BCUT2D eigenvalue weighted by Crippen LogP contribution is -2.42. The van der Waals surface area contributed by atoms with Gasteiger partial charge >= 0.3 is 5.97 Å². The van der Waals surface area contributed by atoms with Crippen molar-refractivity contribution in [2.45, 2.75) is 58.6 Å². The molecule has 2 saturated carbocycles. The van der Waals surface area contributed by atoms with Gasteiger partial charge in [-0.3, -0.25) is 4.79 Å². The van der Waals surface area contributed by atoms with Crippen LogP contribution in [0, 0.1) is 16.7 Å². The van der Waals surface area contributed by atoms with Crippen molar-refractivity contribution in [1.29, 1.82) is 0 Å². The highest BCUT2D eigenvalue weighted by Gasteiger charge is 2.62. The van der Waals surface area contributed by atoms with Gasteiger partial charge < -0.3 is 10.5 Å². The first-order valence-electron chi connectivity index (χ1n) is 8.34. The van der Waals surface area contributed by atoms with Crippen LogP contribution in [0.15, 0.2) is 30.3 Å². The van der Waals surface area contributed by atoms with E-state index in [0.29, 0.717) is 12.3 Å². The number of hydrogen-bond acceptors (Lipinski definition) is 3. The van der Waals surface area contributed by atoms with Gasteiger partial charge in [-0.05, 0) is 42.6 Å². The van der Waals surface area contributed by atoms with Gasteiger partial charge in [-0.25, -0.2) is 0 Å². The lowest BCUT2D eigenvalue weighted by molar-refractivity contribution is -0.158. The fourth-order valence-electron chi connectivity index (χ4n) is 4.49. The molecule has 1 aromatic carbocycles.